The van der Waals surface area contributed by atoms with Crippen LogP contribution in [0.15, 0.2) is 23.2 Å². The van der Waals surface area contributed by atoms with Gasteiger partial charge in [-0.3, -0.25) is 4.99 Å². The molecule has 1 saturated heterocycles. The highest BCUT2D eigenvalue weighted by molar-refractivity contribution is 14.0. The Morgan fingerprint density at radius 1 is 1.28 bits per heavy atom. The summed E-state index contributed by atoms with van der Waals surface area (Å²) >= 11 is 0. The van der Waals surface area contributed by atoms with Gasteiger partial charge in [0.15, 0.2) is 17.5 Å². The lowest BCUT2D eigenvalue weighted by molar-refractivity contribution is 0.285. The van der Waals surface area contributed by atoms with Gasteiger partial charge in [-0.05, 0) is 88.7 Å². The maximum Gasteiger partial charge on any atom is 0.191 e. The van der Waals surface area contributed by atoms with Crippen molar-refractivity contribution in [3.63, 3.8) is 0 Å². The third kappa shape index (κ3) is 8.28. The Morgan fingerprint density at radius 2 is 2.03 bits per heavy atom. The van der Waals surface area contributed by atoms with Crippen LogP contribution >= 0.6 is 24.0 Å². The number of rotatable bonds is 10. The minimum Gasteiger partial charge on any atom is -0.490 e. The minimum absolute atomic E-state index is 0. The van der Waals surface area contributed by atoms with E-state index in [1.807, 2.05) is 13.0 Å². The molecule has 1 aromatic carbocycles. The van der Waals surface area contributed by atoms with Crippen molar-refractivity contribution in [2.45, 2.75) is 51.5 Å². The number of nitrogens with zero attached hydrogens (tertiary/aromatic N) is 2. The average molecular weight is 518 g/mol. The van der Waals surface area contributed by atoms with Crippen LogP contribution in [0.3, 0.4) is 0 Å². The first-order valence-corrected chi connectivity index (χ1v) is 10.8. The predicted octanol–water partition coefficient (Wildman–Crippen LogP) is 4.33. The number of benzene rings is 1. The second kappa shape index (κ2) is 12.6. The molecule has 1 aromatic rings. The number of nitrogens with one attached hydrogen (secondary N) is 2. The fourth-order valence-electron chi connectivity index (χ4n) is 3.55. The molecule has 1 unspecified atom stereocenters. The Bertz CT molecular complexity index is 648. The van der Waals surface area contributed by atoms with E-state index in [1.165, 1.54) is 51.7 Å². The minimum atomic E-state index is -0.295. The number of unbranched alkanes of at least 4 members (excludes halogenated alkanes) is 1. The molecule has 2 aliphatic rings. The van der Waals surface area contributed by atoms with Crippen LogP contribution in [0.2, 0.25) is 0 Å². The van der Waals surface area contributed by atoms with Gasteiger partial charge < -0.3 is 20.3 Å². The molecule has 1 heterocycles. The van der Waals surface area contributed by atoms with Crippen molar-refractivity contribution in [2.75, 3.05) is 39.8 Å². The van der Waals surface area contributed by atoms with E-state index in [0.717, 1.165) is 24.5 Å². The van der Waals surface area contributed by atoms with Crippen LogP contribution in [-0.4, -0.2) is 50.7 Å². The van der Waals surface area contributed by atoms with E-state index >= 15 is 0 Å². The topological polar surface area (TPSA) is 48.9 Å². The summed E-state index contributed by atoms with van der Waals surface area (Å²) in [5.41, 5.74) is 0.883. The van der Waals surface area contributed by atoms with Gasteiger partial charge in [0.05, 0.1) is 12.6 Å². The quantitative estimate of drug-likeness (QED) is 0.210. The van der Waals surface area contributed by atoms with Gasteiger partial charge in [-0.15, -0.1) is 24.0 Å². The first-order chi connectivity index (χ1) is 13.7. The third-order valence-electron chi connectivity index (χ3n) is 5.60. The molecule has 2 fully saturated rings. The van der Waals surface area contributed by atoms with E-state index < -0.39 is 0 Å². The van der Waals surface area contributed by atoms with Crippen LogP contribution in [0.5, 0.6) is 5.75 Å². The van der Waals surface area contributed by atoms with Gasteiger partial charge >= 0.3 is 0 Å². The van der Waals surface area contributed by atoms with Crippen molar-refractivity contribution in [1.82, 2.24) is 15.5 Å². The molecule has 1 atom stereocenters. The summed E-state index contributed by atoms with van der Waals surface area (Å²) in [4.78, 5) is 6.83. The molecule has 1 aliphatic heterocycles. The third-order valence-corrected chi connectivity index (χ3v) is 5.60. The van der Waals surface area contributed by atoms with E-state index in [4.69, 9.17) is 4.74 Å². The monoisotopic (exact) mass is 518 g/mol. The Morgan fingerprint density at radius 3 is 2.69 bits per heavy atom. The smallest absolute Gasteiger partial charge is 0.191 e. The lowest BCUT2D eigenvalue weighted by atomic mass is 10.1. The molecule has 0 radical (unpaired) electrons. The van der Waals surface area contributed by atoms with Gasteiger partial charge in [-0.1, -0.05) is 6.07 Å². The maximum atomic E-state index is 14.3. The van der Waals surface area contributed by atoms with Crippen molar-refractivity contribution in [3.8, 4) is 5.75 Å². The van der Waals surface area contributed by atoms with Crippen molar-refractivity contribution in [1.29, 1.82) is 0 Å². The van der Waals surface area contributed by atoms with Crippen molar-refractivity contribution in [2.24, 2.45) is 10.9 Å². The van der Waals surface area contributed by atoms with Gasteiger partial charge in [0.1, 0.15) is 0 Å². The first kappa shape index (κ1) is 24.2. The molecule has 0 amide bonds. The fourth-order valence-corrected chi connectivity index (χ4v) is 3.55. The van der Waals surface area contributed by atoms with Gasteiger partial charge in [-0.25, -0.2) is 4.39 Å². The average Bonchev–Trinajstić information content (AvgIpc) is 3.38. The maximum absolute atomic E-state index is 14.3. The van der Waals surface area contributed by atoms with Crippen LogP contribution in [0, 0.1) is 11.7 Å². The second-order valence-electron chi connectivity index (χ2n) is 8.07. The molecule has 7 heteroatoms. The number of hydrogen-bond donors (Lipinski definition) is 2. The van der Waals surface area contributed by atoms with Gasteiger partial charge in [-0.2, -0.15) is 0 Å². The molecular weight excluding hydrogens is 482 g/mol. The second-order valence-corrected chi connectivity index (χ2v) is 8.07. The van der Waals surface area contributed by atoms with Gasteiger partial charge in [0, 0.05) is 13.6 Å². The number of likely N-dealkylation sites (tertiary alicyclic amines) is 1. The zero-order valence-corrected chi connectivity index (χ0v) is 20.1. The van der Waals surface area contributed by atoms with Gasteiger partial charge in [0.2, 0.25) is 0 Å². The Kier molecular flexibility index (Phi) is 10.5. The molecule has 5 nitrogen and oxygen atoms in total. The molecule has 164 valence electrons. The van der Waals surface area contributed by atoms with Crippen molar-refractivity contribution >= 4 is 29.9 Å². The molecular formula is C22H36FIN4O. The summed E-state index contributed by atoms with van der Waals surface area (Å²) in [5.74, 6) is 1.42. The summed E-state index contributed by atoms with van der Waals surface area (Å²) in [7, 11) is 1.77. The molecule has 1 saturated carbocycles. The standard InChI is InChI=1S/C22H35FN4O.HI/c1-17(19-9-10-21(20(23)15-19)28-16-18-7-8-18)26-22(24-2)25-11-3-4-12-27-13-5-6-14-27;/h9-10,15,17-18H,3-8,11-14,16H2,1-2H3,(H2,24,25,26);1H. The largest absolute Gasteiger partial charge is 0.490 e. The highest BCUT2D eigenvalue weighted by atomic mass is 127. The molecule has 0 aromatic heterocycles. The van der Waals surface area contributed by atoms with Crippen LogP contribution in [-0.2, 0) is 0 Å². The number of halogens is 2. The van der Waals surface area contributed by atoms with Crippen molar-refractivity contribution < 1.29 is 9.13 Å². The number of ether oxygens (including phenoxy) is 1. The van der Waals surface area contributed by atoms with Crippen LogP contribution in [0.1, 0.15) is 57.1 Å². The number of hydrogen-bond acceptors (Lipinski definition) is 3. The number of aliphatic imine (C=N–C) groups is 1. The Hall–Kier alpha value is -1.09. The normalized spacial score (nSPS) is 18.2. The van der Waals surface area contributed by atoms with E-state index in [0.29, 0.717) is 18.3 Å². The lowest BCUT2D eigenvalue weighted by Crippen LogP contribution is -2.39. The highest BCUT2D eigenvalue weighted by Crippen LogP contribution is 2.30. The van der Waals surface area contributed by atoms with Crippen LogP contribution in [0.25, 0.3) is 0 Å². The Balaban J connectivity index is 0.00000300. The summed E-state index contributed by atoms with van der Waals surface area (Å²) in [6.45, 7) is 7.24. The molecule has 29 heavy (non-hydrogen) atoms. The van der Waals surface area contributed by atoms with Crippen molar-refractivity contribution in [3.05, 3.63) is 29.6 Å². The zero-order chi connectivity index (χ0) is 19.8. The molecule has 0 bridgehead atoms. The van der Waals surface area contributed by atoms with Gasteiger partial charge in [0.25, 0.3) is 0 Å². The summed E-state index contributed by atoms with van der Waals surface area (Å²) in [6.07, 6.45) is 7.41. The molecule has 3 rings (SSSR count). The van der Waals surface area contributed by atoms with E-state index in [1.54, 1.807) is 19.2 Å². The summed E-state index contributed by atoms with van der Waals surface area (Å²) in [6, 6.07) is 5.18. The highest BCUT2D eigenvalue weighted by Gasteiger charge is 2.22. The lowest BCUT2D eigenvalue weighted by Gasteiger charge is -2.19. The Labute approximate surface area is 191 Å². The van der Waals surface area contributed by atoms with E-state index in [9.17, 15) is 4.39 Å². The molecule has 1 aliphatic carbocycles. The zero-order valence-electron chi connectivity index (χ0n) is 17.8. The first-order valence-electron chi connectivity index (χ1n) is 10.8. The van der Waals surface area contributed by atoms with E-state index in [2.05, 4.69) is 20.5 Å². The van der Waals surface area contributed by atoms with E-state index in [-0.39, 0.29) is 35.8 Å². The fraction of sp³-hybridized carbons (Fsp3) is 0.682. The SMILES string of the molecule is CN=C(NCCCCN1CCCC1)NC(C)c1ccc(OCC2CC2)c(F)c1.I. The number of guanidine groups is 1. The van der Waals surface area contributed by atoms with Crippen LogP contribution < -0.4 is 15.4 Å². The molecule has 2 N–H and O–H groups in total. The summed E-state index contributed by atoms with van der Waals surface area (Å²) in [5, 5.41) is 6.71. The predicted molar refractivity (Wildman–Crippen MR) is 128 cm³/mol. The molecule has 0 spiro atoms. The summed E-state index contributed by atoms with van der Waals surface area (Å²) < 4.78 is 19.9. The van der Waals surface area contributed by atoms with Crippen LogP contribution in [0.4, 0.5) is 4.39 Å².